The van der Waals surface area contributed by atoms with Crippen LogP contribution in [0, 0.1) is 0 Å². The summed E-state index contributed by atoms with van der Waals surface area (Å²) in [6.07, 6.45) is 14.3. The van der Waals surface area contributed by atoms with Gasteiger partial charge in [0.15, 0.2) is 0 Å². The largest absolute Gasteiger partial charge is 2.00 e. The molecule has 0 bridgehead atoms. The van der Waals surface area contributed by atoms with E-state index in [0.29, 0.717) is 11.5 Å². The van der Waals surface area contributed by atoms with E-state index in [1.807, 2.05) is 24.3 Å². The molecule has 0 aliphatic heterocycles. The van der Waals surface area contributed by atoms with Gasteiger partial charge in [0.1, 0.15) is 43.8 Å². The Morgan fingerprint density at radius 1 is 0.569 bits per heavy atom. The molecule has 0 heterocycles. The molecule has 4 rings (SSSR count). The number of aryl methyl sites for hydroxylation is 2. The van der Waals surface area contributed by atoms with Crippen LogP contribution in [0.3, 0.4) is 0 Å². The molecule has 51 heavy (non-hydrogen) atoms. The Hall–Kier alpha value is -2.84. The minimum absolute atomic E-state index is 0. The maximum Gasteiger partial charge on any atom is 2.00 e. The van der Waals surface area contributed by atoms with Crippen molar-refractivity contribution >= 4 is 58.0 Å². The van der Waals surface area contributed by atoms with Crippen molar-refractivity contribution in [3.8, 4) is 34.5 Å². The number of phenolic OH excluding ortho intramolecular Hbond substituents is 1. The van der Waals surface area contributed by atoms with E-state index in [-0.39, 0.29) is 55.0 Å². The molecular weight excluding hydrogens is 721 g/mol. The van der Waals surface area contributed by atoms with Crippen molar-refractivity contribution in [1.29, 1.82) is 0 Å². The van der Waals surface area contributed by atoms with Crippen molar-refractivity contribution in [2.45, 2.75) is 101 Å². The maximum atomic E-state index is 11.5. The molecule has 10 nitrogen and oxygen atoms in total. The van der Waals surface area contributed by atoms with Crippen molar-refractivity contribution in [3.63, 3.8) is 0 Å². The van der Waals surface area contributed by atoms with Gasteiger partial charge in [0.05, 0.1) is 4.90 Å². The van der Waals surface area contributed by atoms with Crippen molar-refractivity contribution in [3.05, 3.63) is 96.1 Å². The average molecular weight is 767 g/mol. The Morgan fingerprint density at radius 3 is 1.43 bits per heavy atom. The summed E-state index contributed by atoms with van der Waals surface area (Å²) in [5, 5.41) is 21.1. The molecule has 0 fully saturated rings. The van der Waals surface area contributed by atoms with Gasteiger partial charge in [-0.2, -0.15) is 8.42 Å². The molecule has 0 amide bonds. The van der Waals surface area contributed by atoms with Crippen LogP contribution in [0.4, 0.5) is 0 Å². The van der Waals surface area contributed by atoms with E-state index in [9.17, 15) is 31.6 Å². The summed E-state index contributed by atoms with van der Waals surface area (Å²) < 4.78 is 75.7. The Bertz CT molecular complexity index is 1710. The van der Waals surface area contributed by atoms with E-state index in [1.165, 1.54) is 68.6 Å². The molecule has 0 spiro atoms. The van der Waals surface area contributed by atoms with E-state index in [0.717, 1.165) is 56.0 Å². The van der Waals surface area contributed by atoms with Crippen LogP contribution in [0.5, 0.6) is 34.5 Å². The zero-order valence-electron chi connectivity index (χ0n) is 29.3. The Balaban J connectivity index is 0.000000347. The van der Waals surface area contributed by atoms with Crippen LogP contribution in [0.25, 0.3) is 0 Å². The van der Waals surface area contributed by atoms with Crippen LogP contribution in [-0.2, 0) is 33.1 Å². The van der Waals surface area contributed by atoms with Gasteiger partial charge < -0.3 is 24.2 Å². The SMILES string of the molecule is CCCCCCCc1ccc(Oc2cc(O)cc(S(=O)(=O)O)c2)cc1.CCCCCCCc1ccc(Oc2cc([O-])cc(S(=O)(=O)[O-])c2)cc1.[Ca+2]. The normalized spacial score (nSPS) is 11.2. The summed E-state index contributed by atoms with van der Waals surface area (Å²) in [5.41, 5.74) is 2.42. The van der Waals surface area contributed by atoms with E-state index < -0.39 is 35.8 Å². The van der Waals surface area contributed by atoms with Gasteiger partial charge >= 0.3 is 37.7 Å². The van der Waals surface area contributed by atoms with Crippen molar-refractivity contribution in [2.24, 2.45) is 0 Å². The van der Waals surface area contributed by atoms with Gasteiger partial charge in [-0.15, -0.1) is 5.75 Å². The molecular formula is C38H46CaO10S2. The molecule has 13 heteroatoms. The Labute approximate surface area is 332 Å². The molecule has 0 radical (unpaired) electrons. The van der Waals surface area contributed by atoms with Gasteiger partial charge in [0.2, 0.25) is 0 Å². The number of benzene rings is 4. The third kappa shape index (κ3) is 17.0. The predicted molar refractivity (Wildman–Crippen MR) is 195 cm³/mol. The van der Waals surface area contributed by atoms with Crippen LogP contribution in [-0.4, -0.2) is 68.8 Å². The first-order valence-electron chi connectivity index (χ1n) is 16.9. The number of unbranched alkanes of at least 4 members (excludes halogenated alkanes) is 8. The van der Waals surface area contributed by atoms with E-state index in [4.69, 9.17) is 14.0 Å². The fourth-order valence-electron chi connectivity index (χ4n) is 5.10. The predicted octanol–water partition coefficient (Wildman–Crippen LogP) is 8.53. The standard InChI is InChI=1S/2C19H24O5S.Ca/c2*1-2-3-4-5-6-7-15-8-10-17(11-9-15)24-18-12-16(20)13-19(14-18)25(21,22)23;/h2*8-14,20H,2-7H2,1H3,(H,21,22,23);/q;;+2/p-2. The molecule has 0 saturated heterocycles. The number of aromatic hydroxyl groups is 1. The molecule has 0 saturated carbocycles. The Kier molecular flexibility index (Phi) is 19.4. The van der Waals surface area contributed by atoms with Gasteiger partial charge in [0, 0.05) is 18.2 Å². The first-order chi connectivity index (χ1) is 23.8. The summed E-state index contributed by atoms with van der Waals surface area (Å²) in [6.45, 7) is 4.39. The molecule has 0 atom stereocenters. The molecule has 0 aromatic heterocycles. The second-order valence-corrected chi connectivity index (χ2v) is 14.9. The number of rotatable bonds is 18. The van der Waals surface area contributed by atoms with E-state index in [2.05, 4.69) is 13.8 Å². The first kappa shape index (κ1) is 44.3. The van der Waals surface area contributed by atoms with Gasteiger partial charge in [-0.1, -0.05) is 95.5 Å². The van der Waals surface area contributed by atoms with Crippen LogP contribution in [0.2, 0.25) is 0 Å². The quantitative estimate of drug-likeness (QED) is 0.0568. The molecule has 0 aliphatic carbocycles. The second-order valence-electron chi connectivity index (χ2n) is 12.1. The van der Waals surface area contributed by atoms with Gasteiger partial charge in [-0.3, -0.25) is 4.55 Å². The van der Waals surface area contributed by atoms with Gasteiger partial charge in [-0.25, -0.2) is 8.42 Å². The topological polar surface area (TPSA) is 173 Å². The third-order valence-electron chi connectivity index (χ3n) is 7.76. The molecule has 2 N–H and O–H groups in total. The summed E-state index contributed by atoms with van der Waals surface area (Å²) in [6, 6.07) is 21.4. The minimum Gasteiger partial charge on any atom is -0.872 e. The smallest absolute Gasteiger partial charge is 0.872 e. The monoisotopic (exact) mass is 766 g/mol. The Morgan fingerprint density at radius 2 is 1.00 bits per heavy atom. The summed E-state index contributed by atoms with van der Waals surface area (Å²) in [4.78, 5) is -0.995. The second kappa shape index (κ2) is 22.3. The maximum absolute atomic E-state index is 11.5. The zero-order chi connectivity index (χ0) is 36.6. The van der Waals surface area contributed by atoms with E-state index in [1.54, 1.807) is 24.3 Å². The average Bonchev–Trinajstić information content (AvgIpc) is 3.05. The number of phenols is 1. The molecule has 0 unspecified atom stereocenters. The summed E-state index contributed by atoms with van der Waals surface area (Å²) in [7, 11) is -9.10. The van der Waals surface area contributed by atoms with Crippen molar-refractivity contribution < 1.29 is 45.6 Å². The van der Waals surface area contributed by atoms with Crippen LogP contribution in [0.15, 0.2) is 94.7 Å². The molecule has 0 aliphatic rings. The first-order valence-corrected chi connectivity index (χ1v) is 19.7. The number of ether oxygens (including phenoxy) is 2. The fraction of sp³-hybridized carbons (Fsp3) is 0.368. The van der Waals surface area contributed by atoms with Gasteiger partial charge in [-0.05, 0) is 73.2 Å². The fourth-order valence-corrected chi connectivity index (χ4v) is 6.16. The number of hydrogen-bond acceptors (Lipinski definition) is 9. The van der Waals surface area contributed by atoms with E-state index >= 15 is 0 Å². The zero-order valence-corrected chi connectivity index (χ0v) is 33.1. The molecule has 272 valence electrons. The van der Waals surface area contributed by atoms with Crippen LogP contribution >= 0.6 is 0 Å². The third-order valence-corrected chi connectivity index (χ3v) is 9.41. The number of hydrogen-bond donors (Lipinski definition) is 2. The van der Waals surface area contributed by atoms with Crippen molar-refractivity contribution in [1.82, 2.24) is 0 Å². The summed E-state index contributed by atoms with van der Waals surface area (Å²) >= 11 is 0. The minimum atomic E-state index is -4.69. The van der Waals surface area contributed by atoms with Crippen LogP contribution < -0.4 is 14.6 Å². The van der Waals surface area contributed by atoms with Crippen molar-refractivity contribution in [2.75, 3.05) is 0 Å². The molecule has 4 aromatic carbocycles. The van der Waals surface area contributed by atoms with Gasteiger partial charge in [0.25, 0.3) is 10.1 Å². The van der Waals surface area contributed by atoms with Crippen LogP contribution in [0.1, 0.15) is 89.2 Å². The summed E-state index contributed by atoms with van der Waals surface area (Å²) in [5.74, 6) is 0.301. The molecule has 4 aromatic rings.